The lowest BCUT2D eigenvalue weighted by Gasteiger charge is -2.21. The van der Waals surface area contributed by atoms with E-state index in [-0.39, 0.29) is 0 Å². The molecule has 0 atom stereocenters. The molecule has 0 aromatic carbocycles. The maximum Gasteiger partial charge on any atom is 0.0935 e. The molecule has 0 fully saturated rings. The van der Waals surface area contributed by atoms with Gasteiger partial charge in [0.15, 0.2) is 0 Å². The largest absolute Gasteiger partial charge is 0.277 e. The number of allylic oxidation sites excluding steroid dienone is 6. The van der Waals surface area contributed by atoms with Gasteiger partial charge >= 0.3 is 0 Å². The van der Waals surface area contributed by atoms with Crippen LogP contribution in [0.15, 0.2) is 36.5 Å². The van der Waals surface area contributed by atoms with Gasteiger partial charge in [0.05, 0.1) is 34.2 Å². The summed E-state index contributed by atoms with van der Waals surface area (Å²) in [4.78, 5) is 0. The zero-order chi connectivity index (χ0) is 28.7. The molecule has 3 N–H and O–H groups in total. The van der Waals surface area contributed by atoms with Crippen LogP contribution in [0.3, 0.4) is 0 Å². The third kappa shape index (κ3) is 7.57. The molecule has 0 unspecified atom stereocenters. The van der Waals surface area contributed by atoms with E-state index in [2.05, 4.69) is 130 Å². The van der Waals surface area contributed by atoms with Crippen molar-refractivity contribution in [1.29, 1.82) is 0 Å². The standard InChI is InChI=1S/C33H45N6P/c1-7-13-19-25-31(26(35-34-25)20-14-8-2)40(32-27(21-15-9-3)36-37-28(32)22-16-10-4)33-29(23-17-11-5)38-39-30(33)24-18-12-6/h13-24H,7-12H2,1-6H3,(H,34,35)(H,36,37)(H,38,39). The zero-order valence-corrected chi connectivity index (χ0v) is 25.9. The smallest absolute Gasteiger partial charge is 0.0935 e. The molecule has 7 heteroatoms. The molecule has 212 valence electrons. The fourth-order valence-electron chi connectivity index (χ4n) is 4.23. The van der Waals surface area contributed by atoms with Gasteiger partial charge in [-0.2, -0.15) is 15.3 Å². The van der Waals surface area contributed by atoms with E-state index in [0.29, 0.717) is 0 Å². The molecular weight excluding hydrogens is 511 g/mol. The number of nitrogens with zero attached hydrogens (tertiary/aromatic N) is 3. The minimum absolute atomic E-state index is 0.936. The summed E-state index contributed by atoms with van der Waals surface area (Å²) in [5, 5.41) is 28.2. The van der Waals surface area contributed by atoms with Crippen LogP contribution >= 0.6 is 7.92 Å². The summed E-state index contributed by atoms with van der Waals surface area (Å²) in [7, 11) is -1.15. The first-order valence-corrected chi connectivity index (χ1v) is 16.0. The second-order valence-corrected chi connectivity index (χ2v) is 11.3. The van der Waals surface area contributed by atoms with Crippen molar-refractivity contribution in [3.05, 3.63) is 70.6 Å². The summed E-state index contributed by atoms with van der Waals surface area (Å²) in [6, 6.07) is 0. The van der Waals surface area contributed by atoms with Gasteiger partial charge in [-0.05, 0) is 75.0 Å². The van der Waals surface area contributed by atoms with Gasteiger partial charge in [0, 0.05) is 23.8 Å². The van der Waals surface area contributed by atoms with E-state index in [0.717, 1.165) is 72.7 Å². The van der Waals surface area contributed by atoms with Crippen molar-refractivity contribution in [3.8, 4) is 0 Å². The summed E-state index contributed by atoms with van der Waals surface area (Å²) >= 11 is 0. The summed E-state index contributed by atoms with van der Waals surface area (Å²) in [5.74, 6) is 0. The molecular formula is C33H45N6P. The zero-order valence-electron chi connectivity index (χ0n) is 25.0. The van der Waals surface area contributed by atoms with E-state index in [4.69, 9.17) is 15.3 Å². The number of H-pyrrole nitrogens is 3. The summed E-state index contributed by atoms with van der Waals surface area (Å²) in [6.45, 7) is 12.9. The Kier molecular flexibility index (Phi) is 12.9. The van der Waals surface area contributed by atoms with Crippen molar-refractivity contribution >= 4 is 60.3 Å². The van der Waals surface area contributed by atoms with Crippen molar-refractivity contribution < 1.29 is 0 Å². The van der Waals surface area contributed by atoms with Crippen molar-refractivity contribution in [1.82, 2.24) is 30.6 Å². The second kappa shape index (κ2) is 16.6. The Hall–Kier alpha value is -3.50. The number of aromatic amines is 3. The van der Waals surface area contributed by atoms with Crippen LogP contribution in [0.25, 0.3) is 36.5 Å². The molecule has 3 aromatic heterocycles. The van der Waals surface area contributed by atoms with Crippen LogP contribution in [0.2, 0.25) is 0 Å². The molecule has 0 saturated heterocycles. The maximum absolute atomic E-state index is 4.83. The third-order valence-electron chi connectivity index (χ3n) is 6.15. The molecule has 0 saturated carbocycles. The van der Waals surface area contributed by atoms with Gasteiger partial charge in [0.1, 0.15) is 0 Å². The Morgan fingerprint density at radius 1 is 0.425 bits per heavy atom. The third-order valence-corrected chi connectivity index (χ3v) is 8.90. The van der Waals surface area contributed by atoms with Crippen LogP contribution in [0.5, 0.6) is 0 Å². The number of aromatic nitrogens is 6. The lowest BCUT2D eigenvalue weighted by molar-refractivity contribution is 1.07. The molecule has 0 amide bonds. The Bertz CT molecular complexity index is 1110. The number of rotatable bonds is 15. The number of hydrogen-bond acceptors (Lipinski definition) is 3. The average molecular weight is 557 g/mol. The average Bonchev–Trinajstić information content (AvgIpc) is 3.68. The fraction of sp³-hybridized carbons (Fsp3) is 0.364. The van der Waals surface area contributed by atoms with Crippen LogP contribution in [0, 0.1) is 0 Å². The molecule has 0 bridgehead atoms. The molecule has 3 aromatic rings. The second-order valence-electron chi connectivity index (χ2n) is 9.31. The first kappa shape index (κ1) is 31.0. The summed E-state index contributed by atoms with van der Waals surface area (Å²) < 4.78 is 0. The van der Waals surface area contributed by atoms with Gasteiger partial charge in [-0.15, -0.1) is 0 Å². The van der Waals surface area contributed by atoms with Crippen LogP contribution in [0.4, 0.5) is 0 Å². The van der Waals surface area contributed by atoms with Crippen molar-refractivity contribution in [2.24, 2.45) is 0 Å². The lowest BCUT2D eigenvalue weighted by atomic mass is 10.2. The summed E-state index contributed by atoms with van der Waals surface area (Å²) in [5.41, 5.74) is 5.95. The van der Waals surface area contributed by atoms with Gasteiger partial charge in [0.25, 0.3) is 0 Å². The quantitative estimate of drug-likeness (QED) is 0.165. The molecule has 0 radical (unpaired) electrons. The minimum atomic E-state index is -1.15. The Morgan fingerprint density at radius 3 is 0.925 bits per heavy atom. The fourth-order valence-corrected chi connectivity index (χ4v) is 7.05. The molecule has 0 aliphatic rings. The highest BCUT2D eigenvalue weighted by Gasteiger charge is 2.33. The molecule has 3 rings (SSSR count). The van der Waals surface area contributed by atoms with Crippen molar-refractivity contribution in [2.75, 3.05) is 0 Å². The van der Waals surface area contributed by atoms with Crippen LogP contribution in [-0.4, -0.2) is 30.6 Å². The van der Waals surface area contributed by atoms with Gasteiger partial charge in [-0.1, -0.05) is 78.0 Å². The van der Waals surface area contributed by atoms with Crippen molar-refractivity contribution in [2.45, 2.75) is 80.1 Å². The Balaban J connectivity index is 2.53. The van der Waals surface area contributed by atoms with Gasteiger partial charge in [0.2, 0.25) is 0 Å². The lowest BCUT2D eigenvalue weighted by Crippen LogP contribution is -2.27. The molecule has 6 nitrogen and oxygen atoms in total. The highest BCUT2D eigenvalue weighted by Crippen LogP contribution is 2.41. The van der Waals surface area contributed by atoms with E-state index in [1.165, 1.54) is 15.9 Å². The van der Waals surface area contributed by atoms with Crippen LogP contribution < -0.4 is 15.9 Å². The van der Waals surface area contributed by atoms with E-state index in [1.54, 1.807) is 0 Å². The maximum atomic E-state index is 4.83. The van der Waals surface area contributed by atoms with E-state index >= 15 is 0 Å². The highest BCUT2D eigenvalue weighted by atomic mass is 31.1. The SMILES string of the molecule is CCC=Cc1n[nH]c(C=CCC)c1P(c1c(C=CCC)n[nH]c1C=CCC)c1c(C=CCC)n[nH]c1C=CCC. The topological polar surface area (TPSA) is 86.0 Å². The predicted octanol–water partition coefficient (Wildman–Crippen LogP) is 8.15. The van der Waals surface area contributed by atoms with Gasteiger partial charge < -0.3 is 0 Å². The normalized spacial score (nSPS) is 13.7. The monoisotopic (exact) mass is 556 g/mol. The van der Waals surface area contributed by atoms with E-state index < -0.39 is 7.92 Å². The van der Waals surface area contributed by atoms with Crippen molar-refractivity contribution in [3.63, 3.8) is 0 Å². The number of hydrogen-bond donors (Lipinski definition) is 3. The molecule has 0 spiro atoms. The Labute approximate surface area is 241 Å². The molecule has 0 aliphatic heterocycles. The van der Waals surface area contributed by atoms with Crippen LogP contribution in [-0.2, 0) is 0 Å². The number of nitrogens with one attached hydrogen (secondary N) is 3. The molecule has 0 aliphatic carbocycles. The Morgan fingerprint density at radius 2 is 0.675 bits per heavy atom. The minimum Gasteiger partial charge on any atom is -0.277 e. The first-order valence-electron chi connectivity index (χ1n) is 14.7. The van der Waals surface area contributed by atoms with E-state index in [9.17, 15) is 0 Å². The van der Waals surface area contributed by atoms with E-state index in [1.807, 2.05) is 0 Å². The van der Waals surface area contributed by atoms with Gasteiger partial charge in [-0.25, -0.2) is 0 Å². The summed E-state index contributed by atoms with van der Waals surface area (Å²) in [6.07, 6.45) is 31.7. The highest BCUT2D eigenvalue weighted by molar-refractivity contribution is 7.80. The molecule has 40 heavy (non-hydrogen) atoms. The predicted molar refractivity (Wildman–Crippen MR) is 178 cm³/mol. The molecule has 3 heterocycles. The first-order chi connectivity index (χ1) is 19.6. The van der Waals surface area contributed by atoms with Crippen LogP contribution in [0.1, 0.15) is 114 Å². The van der Waals surface area contributed by atoms with Gasteiger partial charge in [-0.3, -0.25) is 15.3 Å².